The Morgan fingerprint density at radius 2 is 1.96 bits per heavy atom. The highest BCUT2D eigenvalue weighted by atomic mass is 32.2. The van der Waals surface area contributed by atoms with Crippen LogP contribution in [0.2, 0.25) is 0 Å². The summed E-state index contributed by atoms with van der Waals surface area (Å²) in [6, 6.07) is 8.17. The second-order valence-electron chi connectivity index (χ2n) is 5.70. The van der Waals surface area contributed by atoms with Gasteiger partial charge in [0, 0.05) is 17.7 Å². The molecule has 0 atom stereocenters. The summed E-state index contributed by atoms with van der Waals surface area (Å²) in [7, 11) is -3.76. The Labute approximate surface area is 135 Å². The van der Waals surface area contributed by atoms with Gasteiger partial charge in [0.25, 0.3) is 10.0 Å². The van der Waals surface area contributed by atoms with Crippen LogP contribution in [0.5, 0.6) is 0 Å². The van der Waals surface area contributed by atoms with Crippen LogP contribution in [0, 0.1) is 25.2 Å². The summed E-state index contributed by atoms with van der Waals surface area (Å²) in [5.74, 6) is 1.24. The lowest BCUT2D eigenvalue weighted by molar-refractivity contribution is 0.600. The predicted molar refractivity (Wildman–Crippen MR) is 85.4 cm³/mol. The average molecular weight is 328 g/mol. The quantitative estimate of drug-likeness (QED) is 0.930. The molecule has 3 rings (SSSR count). The number of aryl methyl sites for hydroxylation is 2. The smallest absolute Gasteiger partial charge is 0.263 e. The highest BCUT2D eigenvalue weighted by Crippen LogP contribution is 2.39. The molecule has 2 aromatic rings. The fraction of sp³-hybridized carbons (Fsp3) is 0.312. The molecule has 0 aliphatic heterocycles. The Balaban J connectivity index is 1.94. The van der Waals surface area contributed by atoms with E-state index in [1.54, 1.807) is 26.0 Å². The van der Waals surface area contributed by atoms with Crippen molar-refractivity contribution in [1.82, 2.24) is 9.97 Å². The number of nitriles is 1. The van der Waals surface area contributed by atoms with Gasteiger partial charge in [-0.2, -0.15) is 5.26 Å². The molecule has 0 spiro atoms. The van der Waals surface area contributed by atoms with Gasteiger partial charge in [0.2, 0.25) is 0 Å². The van der Waals surface area contributed by atoms with E-state index in [1.807, 2.05) is 6.07 Å². The van der Waals surface area contributed by atoms with Crippen molar-refractivity contribution in [3.63, 3.8) is 0 Å². The maximum Gasteiger partial charge on any atom is 0.263 e. The van der Waals surface area contributed by atoms with Crippen molar-refractivity contribution >= 4 is 15.8 Å². The van der Waals surface area contributed by atoms with Gasteiger partial charge in [-0.25, -0.2) is 18.4 Å². The minimum atomic E-state index is -3.76. The van der Waals surface area contributed by atoms with Crippen LogP contribution in [0.3, 0.4) is 0 Å². The van der Waals surface area contributed by atoms with Crippen LogP contribution in [0.15, 0.2) is 29.2 Å². The maximum atomic E-state index is 12.6. The number of hydrogen-bond acceptors (Lipinski definition) is 5. The molecule has 23 heavy (non-hydrogen) atoms. The molecule has 0 saturated heterocycles. The van der Waals surface area contributed by atoms with Crippen LogP contribution in [0.4, 0.5) is 5.82 Å². The molecule has 1 N–H and O–H groups in total. The molecule has 1 aromatic heterocycles. The zero-order valence-electron chi connectivity index (χ0n) is 12.9. The lowest BCUT2D eigenvalue weighted by Crippen LogP contribution is -2.16. The lowest BCUT2D eigenvalue weighted by Gasteiger charge is -2.11. The minimum absolute atomic E-state index is 0.140. The Hall–Kier alpha value is -2.46. The van der Waals surface area contributed by atoms with Gasteiger partial charge < -0.3 is 0 Å². The topological polar surface area (TPSA) is 95.7 Å². The summed E-state index contributed by atoms with van der Waals surface area (Å²) in [5.41, 5.74) is 1.83. The van der Waals surface area contributed by atoms with Crippen molar-refractivity contribution in [2.24, 2.45) is 0 Å². The largest absolute Gasteiger partial charge is 0.263 e. The summed E-state index contributed by atoms with van der Waals surface area (Å²) in [4.78, 5) is 8.66. The third-order valence-electron chi connectivity index (χ3n) is 3.69. The monoisotopic (exact) mass is 328 g/mol. The number of nitrogens with zero attached hydrogens (tertiary/aromatic N) is 3. The second kappa shape index (κ2) is 5.63. The highest BCUT2D eigenvalue weighted by molar-refractivity contribution is 7.92. The molecule has 6 nitrogen and oxygen atoms in total. The Kier molecular flexibility index (Phi) is 3.78. The molecule has 0 bridgehead atoms. The van der Waals surface area contributed by atoms with Crippen molar-refractivity contribution in [3.8, 4) is 6.07 Å². The van der Waals surface area contributed by atoms with E-state index in [0.29, 0.717) is 22.9 Å². The highest BCUT2D eigenvalue weighted by Gasteiger charge is 2.26. The van der Waals surface area contributed by atoms with Gasteiger partial charge in [0.1, 0.15) is 11.6 Å². The molecule has 0 unspecified atom stereocenters. The normalized spacial score (nSPS) is 14.3. The number of nitrogens with one attached hydrogen (secondary N) is 1. The number of benzene rings is 1. The fourth-order valence-electron chi connectivity index (χ4n) is 2.44. The summed E-state index contributed by atoms with van der Waals surface area (Å²) in [5, 5.41) is 8.88. The van der Waals surface area contributed by atoms with E-state index in [-0.39, 0.29) is 10.7 Å². The molecule has 0 amide bonds. The molecule has 1 aliphatic rings. The van der Waals surface area contributed by atoms with Gasteiger partial charge >= 0.3 is 0 Å². The molecular weight excluding hydrogens is 312 g/mol. The molecule has 0 radical (unpaired) electrons. The first-order chi connectivity index (χ1) is 10.9. The van der Waals surface area contributed by atoms with Crippen LogP contribution < -0.4 is 4.72 Å². The Bertz CT molecular complexity index is 912. The SMILES string of the molecule is Cc1nc(NS(=O)(=O)c2ccc(C#N)cc2C)cc(C2CC2)n1. The summed E-state index contributed by atoms with van der Waals surface area (Å²) < 4.78 is 27.7. The molecule has 1 aliphatic carbocycles. The van der Waals surface area contributed by atoms with Crippen LogP contribution in [0.1, 0.15) is 41.4 Å². The summed E-state index contributed by atoms with van der Waals surface area (Å²) in [6.45, 7) is 3.41. The molecule has 1 fully saturated rings. The second-order valence-corrected chi connectivity index (χ2v) is 7.35. The van der Waals surface area contributed by atoms with Crippen molar-refractivity contribution in [2.45, 2.75) is 37.5 Å². The van der Waals surface area contributed by atoms with E-state index >= 15 is 0 Å². The zero-order valence-corrected chi connectivity index (χ0v) is 13.7. The molecule has 7 heteroatoms. The Morgan fingerprint density at radius 1 is 1.22 bits per heavy atom. The number of hydrogen-bond donors (Lipinski definition) is 1. The maximum absolute atomic E-state index is 12.6. The van der Waals surface area contributed by atoms with Gasteiger partial charge in [0.05, 0.1) is 16.5 Å². The van der Waals surface area contributed by atoms with E-state index in [0.717, 1.165) is 18.5 Å². The molecule has 1 heterocycles. The summed E-state index contributed by atoms with van der Waals surface area (Å²) >= 11 is 0. The van der Waals surface area contributed by atoms with Gasteiger partial charge in [-0.1, -0.05) is 0 Å². The summed E-state index contributed by atoms with van der Waals surface area (Å²) in [6.07, 6.45) is 2.16. The number of anilines is 1. The predicted octanol–water partition coefficient (Wildman–Crippen LogP) is 2.64. The number of aromatic nitrogens is 2. The standard InChI is InChI=1S/C16H16N4O2S/c1-10-7-12(9-17)3-6-15(10)23(21,22)20-16-8-14(13-4-5-13)18-11(2)19-16/h3,6-8,13H,4-5H2,1-2H3,(H,18,19,20). The van der Waals surface area contributed by atoms with E-state index in [9.17, 15) is 8.42 Å². The average Bonchev–Trinajstić information content (AvgIpc) is 3.30. The van der Waals surface area contributed by atoms with E-state index in [2.05, 4.69) is 14.7 Å². The number of sulfonamides is 1. The van der Waals surface area contributed by atoms with E-state index in [1.165, 1.54) is 12.1 Å². The Morgan fingerprint density at radius 3 is 2.57 bits per heavy atom. The lowest BCUT2D eigenvalue weighted by atomic mass is 10.2. The molecule has 118 valence electrons. The van der Waals surface area contributed by atoms with Crippen molar-refractivity contribution < 1.29 is 8.42 Å². The van der Waals surface area contributed by atoms with Crippen molar-refractivity contribution in [3.05, 3.63) is 46.9 Å². The van der Waals surface area contributed by atoms with Gasteiger partial charge in [0.15, 0.2) is 0 Å². The van der Waals surface area contributed by atoms with E-state index < -0.39 is 10.0 Å². The van der Waals surface area contributed by atoms with Crippen LogP contribution >= 0.6 is 0 Å². The van der Waals surface area contributed by atoms with E-state index in [4.69, 9.17) is 5.26 Å². The minimum Gasteiger partial charge on any atom is -0.263 e. The fourth-order valence-corrected chi connectivity index (χ4v) is 3.66. The first-order valence-corrected chi connectivity index (χ1v) is 8.76. The van der Waals surface area contributed by atoms with Crippen LogP contribution in [-0.2, 0) is 10.0 Å². The third kappa shape index (κ3) is 3.32. The molecular formula is C16H16N4O2S. The first kappa shape index (κ1) is 15.4. The third-order valence-corrected chi connectivity index (χ3v) is 5.20. The first-order valence-electron chi connectivity index (χ1n) is 7.28. The molecule has 1 saturated carbocycles. The van der Waals surface area contributed by atoms with Crippen LogP contribution in [0.25, 0.3) is 0 Å². The van der Waals surface area contributed by atoms with Crippen LogP contribution in [-0.4, -0.2) is 18.4 Å². The van der Waals surface area contributed by atoms with Gasteiger partial charge in [-0.3, -0.25) is 4.72 Å². The zero-order chi connectivity index (χ0) is 16.6. The van der Waals surface area contributed by atoms with Crippen molar-refractivity contribution in [2.75, 3.05) is 4.72 Å². The van der Waals surface area contributed by atoms with Gasteiger partial charge in [-0.15, -0.1) is 0 Å². The van der Waals surface area contributed by atoms with Gasteiger partial charge in [-0.05, 0) is 50.5 Å². The van der Waals surface area contributed by atoms with Crippen molar-refractivity contribution in [1.29, 1.82) is 5.26 Å². The number of rotatable bonds is 4. The molecule has 1 aromatic carbocycles.